The van der Waals surface area contributed by atoms with Crippen LogP contribution in [0.25, 0.3) is 0 Å². The van der Waals surface area contributed by atoms with Crippen molar-refractivity contribution in [1.29, 1.82) is 0 Å². The molecule has 3 heterocycles. The van der Waals surface area contributed by atoms with Gasteiger partial charge < -0.3 is 54.5 Å². The normalized spacial score (nSPS) is 34.4. The molecule has 27 heteroatoms. The summed E-state index contributed by atoms with van der Waals surface area (Å²) in [7, 11) is -23.6. The first kappa shape index (κ1) is 34.5. The minimum Gasteiger partial charge on any atom is -0.388 e. The van der Waals surface area contributed by atoms with E-state index < -0.39 is 98.5 Å². The molecule has 0 spiro atoms. The molecule has 1 aromatic heterocycles. The third-order valence-corrected chi connectivity index (χ3v) is 11.1. The Morgan fingerprint density at radius 1 is 0.780 bits per heavy atom. The molecule has 10 N–H and O–H groups in total. The van der Waals surface area contributed by atoms with Gasteiger partial charge >= 0.3 is 37.0 Å². The standard InChI is InChI=1S/C14H24N2O21P4/c17-6-2-31-7(9(6)18)3-32-38(23,24)35-40(27,28)37-41(29,30)36-39(25,26)33-4-8-10(19)11(20)12(34-8)5-1-15-14(22)16-13(5)21/h1,6-12,17-20H,2-4H2,(H,23,24)(H,25,26)(H,27,28)(H,29,30)(H2,15,16,21,22)/t6-,7+,8+,9-,10+,11?,12-/m0/s1. The Morgan fingerprint density at radius 2 is 1.29 bits per heavy atom. The minimum atomic E-state index is -6.13. The Morgan fingerprint density at radius 3 is 1.78 bits per heavy atom. The molecule has 2 aliphatic heterocycles. The molecule has 11 atom stereocenters. The van der Waals surface area contributed by atoms with E-state index in [1.54, 1.807) is 0 Å². The molecule has 0 aliphatic carbocycles. The van der Waals surface area contributed by atoms with Crippen LogP contribution in [0.15, 0.2) is 15.8 Å². The summed E-state index contributed by atoms with van der Waals surface area (Å²) in [4.78, 5) is 65.3. The van der Waals surface area contributed by atoms with Crippen LogP contribution in [0, 0.1) is 0 Å². The van der Waals surface area contributed by atoms with Gasteiger partial charge in [-0.2, -0.15) is 12.9 Å². The van der Waals surface area contributed by atoms with E-state index in [-0.39, 0.29) is 12.2 Å². The van der Waals surface area contributed by atoms with Crippen LogP contribution in [0.4, 0.5) is 0 Å². The van der Waals surface area contributed by atoms with Gasteiger partial charge in [-0.3, -0.25) is 18.8 Å². The lowest BCUT2D eigenvalue weighted by Gasteiger charge is -2.21. The van der Waals surface area contributed by atoms with Crippen LogP contribution in [-0.2, 0) is 49.7 Å². The summed E-state index contributed by atoms with van der Waals surface area (Å²) >= 11 is 0. The van der Waals surface area contributed by atoms with Gasteiger partial charge in [0.2, 0.25) is 0 Å². The van der Waals surface area contributed by atoms with Gasteiger partial charge in [0.15, 0.2) is 0 Å². The zero-order valence-corrected chi connectivity index (χ0v) is 23.5. The van der Waals surface area contributed by atoms with Gasteiger partial charge in [-0.1, -0.05) is 0 Å². The number of rotatable bonds is 13. The van der Waals surface area contributed by atoms with Crippen molar-refractivity contribution in [2.45, 2.75) is 42.7 Å². The van der Waals surface area contributed by atoms with Gasteiger partial charge in [0, 0.05) is 6.20 Å². The van der Waals surface area contributed by atoms with Crippen LogP contribution < -0.4 is 11.2 Å². The number of hydrogen-bond acceptors (Lipinski definition) is 17. The van der Waals surface area contributed by atoms with Crippen molar-refractivity contribution in [3.05, 3.63) is 32.6 Å². The monoisotopic (exact) mass is 680 g/mol. The fourth-order valence-corrected chi connectivity index (χ4v) is 8.34. The number of hydrogen-bond donors (Lipinski definition) is 10. The average Bonchev–Trinajstić information content (AvgIpc) is 3.27. The predicted octanol–water partition coefficient (Wildman–Crippen LogP) is -3.17. The molecular formula is C14H24N2O21P4. The second-order valence-electron chi connectivity index (χ2n) is 8.24. The Bertz CT molecular complexity index is 1400. The zero-order valence-electron chi connectivity index (χ0n) is 19.9. The molecule has 3 rings (SSSR count). The van der Waals surface area contributed by atoms with Crippen molar-refractivity contribution in [3.63, 3.8) is 0 Å². The van der Waals surface area contributed by atoms with Crippen LogP contribution in [-0.4, -0.2) is 106 Å². The molecular weight excluding hydrogens is 656 g/mol. The lowest BCUT2D eigenvalue weighted by atomic mass is 10.0. The van der Waals surface area contributed by atoms with Crippen LogP contribution in [0.5, 0.6) is 0 Å². The maximum atomic E-state index is 12.1. The lowest BCUT2D eigenvalue weighted by molar-refractivity contribution is -0.0227. The number of aromatic nitrogens is 2. The summed E-state index contributed by atoms with van der Waals surface area (Å²) in [6.45, 7) is -2.51. The van der Waals surface area contributed by atoms with E-state index in [4.69, 9.17) is 9.47 Å². The fraction of sp³-hybridized carbons (Fsp3) is 0.714. The molecule has 2 fully saturated rings. The van der Waals surface area contributed by atoms with E-state index in [1.807, 2.05) is 4.98 Å². The molecule has 0 aromatic carbocycles. The summed E-state index contributed by atoms with van der Waals surface area (Å²) in [6, 6.07) is 0. The van der Waals surface area contributed by atoms with Gasteiger partial charge in [0.1, 0.15) is 42.7 Å². The van der Waals surface area contributed by atoms with Gasteiger partial charge in [0.25, 0.3) is 5.56 Å². The molecule has 23 nitrogen and oxygen atoms in total. The molecule has 2 saturated heterocycles. The van der Waals surface area contributed by atoms with E-state index >= 15 is 0 Å². The second-order valence-corrected chi connectivity index (χ2v) is 14.5. The third kappa shape index (κ3) is 9.49. The average molecular weight is 680 g/mol. The smallest absolute Gasteiger partial charge is 0.388 e. The predicted molar refractivity (Wildman–Crippen MR) is 124 cm³/mol. The quantitative estimate of drug-likeness (QED) is 0.0918. The number of phosphoric acid groups is 4. The zero-order chi connectivity index (χ0) is 31.0. The SMILES string of the molecule is O=c1[nH]cc([C@@H]2O[C@H](COP(=O)(O)OP(=O)(O)OP(=O)(O)OP(=O)(O)OC[C@H]3OC[C@H](O)[C@@H]3O)[C@@H](O)C2O)c(=O)[nH]1. The molecule has 0 saturated carbocycles. The molecule has 2 aliphatic rings. The van der Waals surface area contributed by atoms with E-state index in [0.29, 0.717) is 0 Å². The highest BCUT2D eigenvalue weighted by Gasteiger charge is 2.49. The topological polar surface area (TPSA) is 360 Å². The Hall–Kier alpha value is -1.00. The molecule has 0 radical (unpaired) electrons. The first-order chi connectivity index (χ1) is 18.7. The molecule has 41 heavy (non-hydrogen) atoms. The largest absolute Gasteiger partial charge is 0.490 e. The summed E-state index contributed by atoms with van der Waals surface area (Å²) in [6.07, 6.45) is -10.4. The van der Waals surface area contributed by atoms with Crippen molar-refractivity contribution in [3.8, 4) is 0 Å². The van der Waals surface area contributed by atoms with E-state index in [9.17, 15) is 67.8 Å². The summed E-state index contributed by atoms with van der Waals surface area (Å²) in [5.41, 5.74) is -2.26. The van der Waals surface area contributed by atoms with Gasteiger partial charge in [-0.05, 0) is 0 Å². The number of aliphatic hydroxyl groups is 4. The Kier molecular flexibility index (Phi) is 10.9. The van der Waals surface area contributed by atoms with Crippen LogP contribution in [0.1, 0.15) is 11.7 Å². The maximum Gasteiger partial charge on any atom is 0.490 e. The third-order valence-electron chi connectivity index (χ3n) is 5.20. The molecule has 0 amide bonds. The molecule has 5 unspecified atom stereocenters. The summed E-state index contributed by atoms with van der Waals surface area (Å²) < 4.78 is 77.8. The first-order valence-corrected chi connectivity index (χ1v) is 16.7. The number of phosphoric ester groups is 2. The van der Waals surface area contributed by atoms with Crippen LogP contribution in [0.3, 0.4) is 0 Å². The van der Waals surface area contributed by atoms with Crippen molar-refractivity contribution in [1.82, 2.24) is 9.97 Å². The molecule has 0 bridgehead atoms. The van der Waals surface area contributed by atoms with Gasteiger partial charge in [-0.15, -0.1) is 0 Å². The number of H-pyrrole nitrogens is 2. The highest BCUT2D eigenvalue weighted by Crippen LogP contribution is 2.71. The van der Waals surface area contributed by atoms with Crippen LogP contribution >= 0.6 is 31.3 Å². The van der Waals surface area contributed by atoms with Crippen molar-refractivity contribution >= 4 is 31.3 Å². The molecule has 236 valence electrons. The number of ether oxygens (including phenoxy) is 2. The van der Waals surface area contributed by atoms with Gasteiger partial charge in [0.05, 0.1) is 25.4 Å². The van der Waals surface area contributed by atoms with E-state index in [0.717, 1.165) is 6.20 Å². The minimum absolute atomic E-state index is 0.358. The highest BCUT2D eigenvalue weighted by molar-refractivity contribution is 7.69. The first-order valence-electron chi connectivity index (χ1n) is 10.8. The lowest BCUT2D eigenvalue weighted by Crippen LogP contribution is -2.34. The highest BCUT2D eigenvalue weighted by atomic mass is 31.3. The summed E-state index contributed by atoms with van der Waals surface area (Å²) in [5.74, 6) is 0. The van der Waals surface area contributed by atoms with E-state index in [2.05, 4.69) is 27.0 Å². The number of nitrogens with one attached hydrogen (secondary N) is 2. The Labute approximate surface area is 226 Å². The maximum absolute atomic E-state index is 12.1. The van der Waals surface area contributed by atoms with Crippen molar-refractivity contribution in [2.24, 2.45) is 0 Å². The number of aliphatic hydroxyl groups excluding tert-OH is 4. The van der Waals surface area contributed by atoms with Crippen molar-refractivity contribution in [2.75, 3.05) is 19.8 Å². The van der Waals surface area contributed by atoms with E-state index in [1.165, 1.54) is 0 Å². The summed E-state index contributed by atoms with van der Waals surface area (Å²) in [5, 5.41) is 39.1. The fourth-order valence-electron chi connectivity index (χ4n) is 3.39. The van der Waals surface area contributed by atoms with Crippen LogP contribution in [0.2, 0.25) is 0 Å². The van der Waals surface area contributed by atoms with Crippen molar-refractivity contribution < 1.29 is 89.7 Å². The second kappa shape index (κ2) is 12.9. The molecule has 1 aromatic rings. The number of aromatic amines is 2. The van der Waals surface area contributed by atoms with Gasteiger partial charge in [-0.25, -0.2) is 23.1 Å². The Balaban J connectivity index is 1.55.